The van der Waals surface area contributed by atoms with Crippen LogP contribution in [0.2, 0.25) is 0 Å². The molecule has 0 unspecified atom stereocenters. The Labute approximate surface area is 97.2 Å². The summed E-state index contributed by atoms with van der Waals surface area (Å²) in [5.41, 5.74) is 9.61. The standard InChI is InChI=1S/C13H20N2O/c1-11-2-3-12(8-13(11)9-14)10-15-4-6-16-7-5-15/h2-3,8H,4-7,9-10,14H2,1H3. The predicted octanol–water partition coefficient (Wildman–Crippen LogP) is 1.29. The Kier molecular flexibility index (Phi) is 3.93. The highest BCUT2D eigenvalue weighted by Gasteiger charge is 2.10. The van der Waals surface area contributed by atoms with E-state index in [2.05, 4.69) is 30.0 Å². The normalized spacial score (nSPS) is 17.6. The van der Waals surface area contributed by atoms with Crippen molar-refractivity contribution in [2.24, 2.45) is 5.73 Å². The second-order valence-corrected chi connectivity index (χ2v) is 4.35. The monoisotopic (exact) mass is 220 g/mol. The van der Waals surface area contributed by atoms with E-state index in [1.807, 2.05) is 0 Å². The Morgan fingerprint density at radius 3 is 2.75 bits per heavy atom. The van der Waals surface area contributed by atoms with Gasteiger partial charge in [0.25, 0.3) is 0 Å². The van der Waals surface area contributed by atoms with Gasteiger partial charge in [-0.05, 0) is 23.6 Å². The van der Waals surface area contributed by atoms with Gasteiger partial charge in [0.05, 0.1) is 13.2 Å². The highest BCUT2D eigenvalue weighted by atomic mass is 16.5. The number of ether oxygens (including phenoxy) is 1. The Hall–Kier alpha value is -0.900. The first-order valence-corrected chi connectivity index (χ1v) is 5.88. The summed E-state index contributed by atoms with van der Waals surface area (Å²) in [5, 5.41) is 0. The summed E-state index contributed by atoms with van der Waals surface area (Å²) in [5.74, 6) is 0. The van der Waals surface area contributed by atoms with Crippen molar-refractivity contribution in [2.45, 2.75) is 20.0 Å². The lowest BCUT2D eigenvalue weighted by atomic mass is 10.0. The van der Waals surface area contributed by atoms with Gasteiger partial charge in [0.1, 0.15) is 0 Å². The van der Waals surface area contributed by atoms with Gasteiger partial charge in [-0.3, -0.25) is 4.90 Å². The molecule has 2 N–H and O–H groups in total. The fraction of sp³-hybridized carbons (Fsp3) is 0.538. The lowest BCUT2D eigenvalue weighted by Gasteiger charge is -2.26. The molecule has 1 aromatic carbocycles. The molecule has 3 nitrogen and oxygen atoms in total. The zero-order chi connectivity index (χ0) is 11.4. The zero-order valence-electron chi connectivity index (χ0n) is 9.91. The van der Waals surface area contributed by atoms with Crippen LogP contribution < -0.4 is 5.73 Å². The van der Waals surface area contributed by atoms with E-state index in [9.17, 15) is 0 Å². The lowest BCUT2D eigenvalue weighted by molar-refractivity contribution is 0.0342. The van der Waals surface area contributed by atoms with Crippen LogP contribution in [0.5, 0.6) is 0 Å². The molecule has 0 radical (unpaired) electrons. The second-order valence-electron chi connectivity index (χ2n) is 4.35. The van der Waals surface area contributed by atoms with E-state index in [1.165, 1.54) is 16.7 Å². The first-order valence-electron chi connectivity index (χ1n) is 5.88. The van der Waals surface area contributed by atoms with Crippen LogP contribution in [-0.4, -0.2) is 31.2 Å². The van der Waals surface area contributed by atoms with Crippen LogP contribution in [0.1, 0.15) is 16.7 Å². The maximum Gasteiger partial charge on any atom is 0.0594 e. The first-order chi connectivity index (χ1) is 7.79. The molecule has 1 aliphatic rings. The van der Waals surface area contributed by atoms with Crippen LogP contribution in [0.25, 0.3) is 0 Å². The molecule has 1 aliphatic heterocycles. The van der Waals surface area contributed by atoms with Gasteiger partial charge in [0.2, 0.25) is 0 Å². The van der Waals surface area contributed by atoms with Crippen LogP contribution in [0.4, 0.5) is 0 Å². The van der Waals surface area contributed by atoms with Crippen molar-refractivity contribution in [1.29, 1.82) is 0 Å². The quantitative estimate of drug-likeness (QED) is 0.834. The molecule has 1 heterocycles. The fourth-order valence-corrected chi connectivity index (χ4v) is 2.06. The Balaban J connectivity index is 2.03. The largest absolute Gasteiger partial charge is 0.379 e. The van der Waals surface area contributed by atoms with E-state index >= 15 is 0 Å². The van der Waals surface area contributed by atoms with Crippen LogP contribution in [0.15, 0.2) is 18.2 Å². The molecular formula is C13H20N2O. The Morgan fingerprint density at radius 2 is 2.06 bits per heavy atom. The smallest absolute Gasteiger partial charge is 0.0594 e. The van der Waals surface area contributed by atoms with E-state index in [4.69, 9.17) is 10.5 Å². The molecule has 0 aromatic heterocycles. The van der Waals surface area contributed by atoms with Crippen molar-refractivity contribution in [3.63, 3.8) is 0 Å². The number of nitrogens with zero attached hydrogens (tertiary/aromatic N) is 1. The van der Waals surface area contributed by atoms with E-state index in [0.29, 0.717) is 6.54 Å². The molecular weight excluding hydrogens is 200 g/mol. The summed E-state index contributed by atoms with van der Waals surface area (Å²) in [4.78, 5) is 2.43. The Bertz CT molecular complexity index is 346. The first kappa shape index (κ1) is 11.6. The number of hydrogen-bond acceptors (Lipinski definition) is 3. The van der Waals surface area contributed by atoms with Crippen molar-refractivity contribution in [3.8, 4) is 0 Å². The van der Waals surface area contributed by atoms with Gasteiger partial charge in [0, 0.05) is 26.2 Å². The molecule has 0 amide bonds. The lowest BCUT2D eigenvalue weighted by Crippen LogP contribution is -2.35. The molecule has 0 bridgehead atoms. The SMILES string of the molecule is Cc1ccc(CN2CCOCC2)cc1CN. The predicted molar refractivity (Wildman–Crippen MR) is 65.2 cm³/mol. The van der Waals surface area contributed by atoms with Crippen LogP contribution in [0.3, 0.4) is 0 Å². The number of aryl methyl sites for hydroxylation is 1. The minimum absolute atomic E-state index is 0.628. The molecule has 2 rings (SSSR count). The molecule has 3 heteroatoms. The third-order valence-electron chi connectivity index (χ3n) is 3.14. The van der Waals surface area contributed by atoms with Crippen molar-refractivity contribution in [2.75, 3.05) is 26.3 Å². The van der Waals surface area contributed by atoms with E-state index in [-0.39, 0.29) is 0 Å². The summed E-state index contributed by atoms with van der Waals surface area (Å²) >= 11 is 0. The molecule has 1 aromatic rings. The van der Waals surface area contributed by atoms with Gasteiger partial charge in [-0.15, -0.1) is 0 Å². The van der Waals surface area contributed by atoms with Gasteiger partial charge >= 0.3 is 0 Å². The maximum atomic E-state index is 5.72. The van der Waals surface area contributed by atoms with Crippen molar-refractivity contribution in [1.82, 2.24) is 4.90 Å². The number of benzene rings is 1. The van der Waals surface area contributed by atoms with Gasteiger partial charge in [-0.1, -0.05) is 18.2 Å². The summed E-state index contributed by atoms with van der Waals surface area (Å²) in [6, 6.07) is 6.59. The molecule has 16 heavy (non-hydrogen) atoms. The minimum Gasteiger partial charge on any atom is -0.379 e. The number of hydrogen-bond donors (Lipinski definition) is 1. The van der Waals surface area contributed by atoms with Crippen molar-refractivity contribution in [3.05, 3.63) is 34.9 Å². The van der Waals surface area contributed by atoms with E-state index in [0.717, 1.165) is 32.8 Å². The number of nitrogens with two attached hydrogens (primary N) is 1. The molecule has 1 fully saturated rings. The molecule has 88 valence electrons. The maximum absolute atomic E-state index is 5.72. The highest BCUT2D eigenvalue weighted by Crippen LogP contribution is 2.13. The number of rotatable bonds is 3. The molecule has 0 atom stereocenters. The summed E-state index contributed by atoms with van der Waals surface area (Å²) in [7, 11) is 0. The Morgan fingerprint density at radius 1 is 1.31 bits per heavy atom. The third kappa shape index (κ3) is 2.82. The van der Waals surface area contributed by atoms with Crippen LogP contribution in [0, 0.1) is 6.92 Å². The van der Waals surface area contributed by atoms with Gasteiger partial charge < -0.3 is 10.5 Å². The minimum atomic E-state index is 0.628. The zero-order valence-corrected chi connectivity index (χ0v) is 9.91. The van der Waals surface area contributed by atoms with Gasteiger partial charge in [-0.25, -0.2) is 0 Å². The summed E-state index contributed by atoms with van der Waals surface area (Å²) in [6.45, 7) is 7.53. The average Bonchev–Trinajstić information content (AvgIpc) is 2.33. The highest BCUT2D eigenvalue weighted by molar-refractivity contribution is 5.30. The topological polar surface area (TPSA) is 38.5 Å². The summed E-state index contributed by atoms with van der Waals surface area (Å²) < 4.78 is 5.34. The average molecular weight is 220 g/mol. The van der Waals surface area contributed by atoms with Crippen molar-refractivity contribution >= 4 is 0 Å². The molecule has 1 saturated heterocycles. The van der Waals surface area contributed by atoms with Crippen LogP contribution in [-0.2, 0) is 17.8 Å². The molecule has 0 saturated carbocycles. The van der Waals surface area contributed by atoms with Crippen LogP contribution >= 0.6 is 0 Å². The third-order valence-corrected chi connectivity index (χ3v) is 3.14. The van der Waals surface area contributed by atoms with Gasteiger partial charge in [0.15, 0.2) is 0 Å². The van der Waals surface area contributed by atoms with E-state index < -0.39 is 0 Å². The van der Waals surface area contributed by atoms with Gasteiger partial charge in [-0.2, -0.15) is 0 Å². The molecule has 0 aliphatic carbocycles. The fourth-order valence-electron chi connectivity index (χ4n) is 2.06. The van der Waals surface area contributed by atoms with E-state index in [1.54, 1.807) is 0 Å². The number of morpholine rings is 1. The second kappa shape index (κ2) is 5.43. The van der Waals surface area contributed by atoms with Crippen molar-refractivity contribution < 1.29 is 4.74 Å². The molecule has 0 spiro atoms. The summed E-state index contributed by atoms with van der Waals surface area (Å²) in [6.07, 6.45) is 0.